The number of amides is 1. The summed E-state index contributed by atoms with van der Waals surface area (Å²) in [5.74, 6) is 0.645. The van der Waals surface area contributed by atoms with Crippen molar-refractivity contribution in [2.45, 2.75) is 6.92 Å². The highest BCUT2D eigenvalue weighted by molar-refractivity contribution is 7.22. The predicted molar refractivity (Wildman–Crippen MR) is 107 cm³/mol. The second-order valence-corrected chi connectivity index (χ2v) is 7.38. The summed E-state index contributed by atoms with van der Waals surface area (Å²) in [5, 5.41) is 0.714. The third-order valence-corrected chi connectivity index (χ3v) is 5.09. The molecule has 0 aliphatic rings. The van der Waals surface area contributed by atoms with Crippen LogP contribution in [0.25, 0.3) is 10.2 Å². The van der Waals surface area contributed by atoms with Gasteiger partial charge in [-0.05, 0) is 44.8 Å². The van der Waals surface area contributed by atoms with Crippen LogP contribution in [-0.2, 0) is 4.79 Å². The van der Waals surface area contributed by atoms with Gasteiger partial charge in [0, 0.05) is 13.1 Å². The highest BCUT2D eigenvalue weighted by atomic mass is 32.1. The van der Waals surface area contributed by atoms with Crippen molar-refractivity contribution < 1.29 is 9.53 Å². The molecule has 1 heterocycles. The summed E-state index contributed by atoms with van der Waals surface area (Å²) >= 11 is 1.53. The Morgan fingerprint density at radius 2 is 1.81 bits per heavy atom. The zero-order chi connectivity index (χ0) is 18.5. The minimum absolute atomic E-state index is 0.00575. The molecule has 0 fully saturated rings. The number of thiazole rings is 1. The third kappa shape index (κ3) is 4.39. The number of ether oxygens (including phenoxy) is 1. The van der Waals surface area contributed by atoms with Crippen molar-refractivity contribution in [1.82, 2.24) is 9.88 Å². The molecule has 0 radical (unpaired) electrons. The van der Waals surface area contributed by atoms with Gasteiger partial charge in [0.05, 0.1) is 10.2 Å². The molecule has 3 rings (SSSR count). The van der Waals surface area contributed by atoms with E-state index in [1.807, 2.05) is 69.6 Å². The monoisotopic (exact) mass is 369 g/mol. The minimum atomic E-state index is -0.0887. The normalized spacial score (nSPS) is 11.1. The van der Waals surface area contributed by atoms with E-state index in [4.69, 9.17) is 4.74 Å². The lowest BCUT2D eigenvalue weighted by atomic mass is 10.2. The average Bonchev–Trinajstić information content (AvgIpc) is 3.04. The number of hydrogen-bond acceptors (Lipinski definition) is 5. The van der Waals surface area contributed by atoms with E-state index in [2.05, 4.69) is 9.88 Å². The zero-order valence-corrected chi connectivity index (χ0v) is 16.1. The second-order valence-electron chi connectivity index (χ2n) is 6.37. The topological polar surface area (TPSA) is 45.7 Å². The van der Waals surface area contributed by atoms with E-state index in [1.54, 1.807) is 4.90 Å². The average molecular weight is 369 g/mol. The number of fused-ring (bicyclic) bond motifs is 1. The molecule has 2 aromatic carbocycles. The van der Waals surface area contributed by atoms with Gasteiger partial charge in [0.25, 0.3) is 5.91 Å². The highest BCUT2D eigenvalue weighted by Crippen LogP contribution is 2.28. The number of hydrogen-bond donors (Lipinski definition) is 0. The van der Waals surface area contributed by atoms with Gasteiger partial charge in [-0.3, -0.25) is 9.69 Å². The molecule has 1 amide bonds. The Morgan fingerprint density at radius 3 is 2.54 bits per heavy atom. The quantitative estimate of drug-likeness (QED) is 0.639. The Balaban J connectivity index is 1.78. The van der Waals surface area contributed by atoms with Crippen LogP contribution in [0.2, 0.25) is 0 Å². The van der Waals surface area contributed by atoms with Crippen LogP contribution in [0, 0.1) is 6.92 Å². The standard InChI is InChI=1S/C20H23N3O2S/c1-15-8-4-6-10-17(15)25-14-19(24)23(13-12-22(2)3)20-21-16-9-5-7-11-18(16)26-20/h4-11H,12-14H2,1-3H3. The molecule has 26 heavy (non-hydrogen) atoms. The maximum Gasteiger partial charge on any atom is 0.266 e. The van der Waals surface area contributed by atoms with Crippen molar-refractivity contribution in [3.8, 4) is 5.75 Å². The molecule has 0 unspecified atom stereocenters. The lowest BCUT2D eigenvalue weighted by molar-refractivity contribution is -0.120. The van der Waals surface area contributed by atoms with E-state index in [-0.39, 0.29) is 12.5 Å². The molecule has 0 bridgehead atoms. The number of aryl methyl sites for hydroxylation is 1. The van der Waals surface area contributed by atoms with Crippen LogP contribution in [0.3, 0.4) is 0 Å². The number of para-hydroxylation sites is 2. The first-order chi connectivity index (χ1) is 12.5. The molecule has 0 saturated heterocycles. The predicted octanol–water partition coefficient (Wildman–Crippen LogP) is 3.58. The summed E-state index contributed by atoms with van der Waals surface area (Å²) in [6, 6.07) is 15.6. The second kappa shape index (κ2) is 8.29. The Bertz CT molecular complexity index is 858. The smallest absolute Gasteiger partial charge is 0.266 e. The maximum absolute atomic E-state index is 12.9. The van der Waals surface area contributed by atoms with E-state index in [0.29, 0.717) is 11.7 Å². The van der Waals surface area contributed by atoms with Crippen LogP contribution in [0.15, 0.2) is 48.5 Å². The number of rotatable bonds is 7. The summed E-state index contributed by atoms with van der Waals surface area (Å²) in [4.78, 5) is 21.3. The first kappa shape index (κ1) is 18.4. The van der Waals surface area contributed by atoms with Crippen molar-refractivity contribution in [2.24, 2.45) is 0 Å². The van der Waals surface area contributed by atoms with Crippen molar-refractivity contribution in [2.75, 3.05) is 38.7 Å². The Morgan fingerprint density at radius 1 is 1.08 bits per heavy atom. The lowest BCUT2D eigenvalue weighted by Crippen LogP contribution is -2.39. The number of anilines is 1. The van der Waals surface area contributed by atoms with Gasteiger partial charge in [-0.15, -0.1) is 0 Å². The van der Waals surface area contributed by atoms with Crippen LogP contribution in [0.4, 0.5) is 5.13 Å². The fraction of sp³-hybridized carbons (Fsp3) is 0.300. The molecule has 6 heteroatoms. The number of benzene rings is 2. The SMILES string of the molecule is Cc1ccccc1OCC(=O)N(CCN(C)C)c1nc2ccccc2s1. The molecule has 136 valence electrons. The van der Waals surface area contributed by atoms with Gasteiger partial charge in [-0.2, -0.15) is 0 Å². The van der Waals surface area contributed by atoms with Crippen LogP contribution in [0.1, 0.15) is 5.56 Å². The van der Waals surface area contributed by atoms with E-state index in [1.165, 1.54) is 11.3 Å². The molecule has 1 aromatic heterocycles. The summed E-state index contributed by atoms with van der Waals surface area (Å²) in [6.45, 7) is 3.29. The molecule has 0 atom stereocenters. The Labute approximate surface area is 157 Å². The zero-order valence-electron chi connectivity index (χ0n) is 15.3. The van der Waals surface area contributed by atoms with Crippen LogP contribution in [0.5, 0.6) is 5.75 Å². The molecule has 0 saturated carbocycles. The van der Waals surface area contributed by atoms with E-state index >= 15 is 0 Å². The lowest BCUT2D eigenvalue weighted by Gasteiger charge is -2.22. The van der Waals surface area contributed by atoms with Crippen LogP contribution in [-0.4, -0.2) is 49.6 Å². The van der Waals surface area contributed by atoms with Gasteiger partial charge >= 0.3 is 0 Å². The number of carbonyl (C=O) groups excluding carboxylic acids is 1. The first-order valence-electron chi connectivity index (χ1n) is 8.53. The summed E-state index contributed by atoms with van der Waals surface area (Å²) in [5.41, 5.74) is 1.93. The minimum Gasteiger partial charge on any atom is -0.483 e. The molecule has 5 nitrogen and oxygen atoms in total. The Kier molecular flexibility index (Phi) is 5.85. The van der Waals surface area contributed by atoms with E-state index in [0.717, 1.165) is 28.1 Å². The first-order valence-corrected chi connectivity index (χ1v) is 9.35. The fourth-order valence-corrected chi connectivity index (χ4v) is 3.55. The molecule has 0 N–H and O–H groups in total. The van der Waals surface area contributed by atoms with Gasteiger partial charge in [-0.1, -0.05) is 41.7 Å². The van der Waals surface area contributed by atoms with Gasteiger partial charge in [-0.25, -0.2) is 4.98 Å². The van der Waals surface area contributed by atoms with Crippen LogP contribution < -0.4 is 9.64 Å². The highest BCUT2D eigenvalue weighted by Gasteiger charge is 2.20. The molecule has 3 aromatic rings. The van der Waals surface area contributed by atoms with E-state index < -0.39 is 0 Å². The molecule has 0 spiro atoms. The van der Waals surface area contributed by atoms with E-state index in [9.17, 15) is 4.79 Å². The molecule has 0 aliphatic carbocycles. The number of aromatic nitrogens is 1. The van der Waals surface area contributed by atoms with Crippen molar-refractivity contribution in [1.29, 1.82) is 0 Å². The van der Waals surface area contributed by atoms with Crippen LogP contribution >= 0.6 is 11.3 Å². The van der Waals surface area contributed by atoms with Gasteiger partial charge in [0.15, 0.2) is 11.7 Å². The number of nitrogens with zero attached hydrogens (tertiary/aromatic N) is 3. The van der Waals surface area contributed by atoms with Crippen molar-refractivity contribution >= 4 is 32.6 Å². The van der Waals surface area contributed by atoms with Gasteiger partial charge in [0.2, 0.25) is 0 Å². The number of carbonyl (C=O) groups is 1. The van der Waals surface area contributed by atoms with Gasteiger partial charge < -0.3 is 9.64 Å². The molecular formula is C20H23N3O2S. The summed E-state index contributed by atoms with van der Waals surface area (Å²) in [7, 11) is 3.98. The van der Waals surface area contributed by atoms with Crippen molar-refractivity contribution in [3.63, 3.8) is 0 Å². The Hall–Kier alpha value is -2.44. The number of likely N-dealkylation sites (N-methyl/N-ethyl adjacent to an activating group) is 1. The largest absolute Gasteiger partial charge is 0.483 e. The molecule has 0 aliphatic heterocycles. The van der Waals surface area contributed by atoms with Crippen molar-refractivity contribution in [3.05, 3.63) is 54.1 Å². The van der Waals surface area contributed by atoms with Gasteiger partial charge in [0.1, 0.15) is 5.75 Å². The third-order valence-electron chi connectivity index (χ3n) is 4.03. The summed E-state index contributed by atoms with van der Waals surface area (Å²) in [6.07, 6.45) is 0. The fourth-order valence-electron chi connectivity index (χ4n) is 2.54. The molecular weight excluding hydrogens is 346 g/mol. The maximum atomic E-state index is 12.9. The summed E-state index contributed by atoms with van der Waals surface area (Å²) < 4.78 is 6.83.